The zero-order chi connectivity index (χ0) is 11.3. The van der Waals surface area contributed by atoms with Crippen molar-refractivity contribution in [3.63, 3.8) is 0 Å². The van der Waals surface area contributed by atoms with Crippen molar-refractivity contribution in [1.29, 1.82) is 0 Å². The zero-order valence-electron chi connectivity index (χ0n) is 8.51. The Bertz CT molecular complexity index is 290. The summed E-state index contributed by atoms with van der Waals surface area (Å²) in [5.41, 5.74) is 0.0549. The molecule has 1 nitrogen and oxygen atoms in total. The van der Waals surface area contributed by atoms with Gasteiger partial charge in [0.15, 0.2) is 0 Å². The van der Waals surface area contributed by atoms with Gasteiger partial charge in [0.05, 0.1) is 6.54 Å². The topological polar surface area (TPSA) is 12.0 Å². The minimum absolute atomic E-state index is 0.0413. The molecule has 0 aliphatic rings. The van der Waals surface area contributed by atoms with Gasteiger partial charge in [0.1, 0.15) is 0 Å². The second kappa shape index (κ2) is 5.56. The van der Waals surface area contributed by atoms with Crippen LogP contribution >= 0.6 is 15.9 Å². The standard InChI is InChI=1S/C11H14BrF2N/c1-9(7-12)15-8-11(13,14)10-5-3-2-4-6-10/h2-6,9,15H,7-8H2,1H3. The lowest BCUT2D eigenvalue weighted by Gasteiger charge is -2.19. The summed E-state index contributed by atoms with van der Waals surface area (Å²) in [5.74, 6) is -2.81. The average molecular weight is 278 g/mol. The number of alkyl halides is 3. The first-order chi connectivity index (χ1) is 7.06. The van der Waals surface area contributed by atoms with Crippen molar-refractivity contribution in [2.75, 3.05) is 11.9 Å². The van der Waals surface area contributed by atoms with Crippen molar-refractivity contribution in [1.82, 2.24) is 5.32 Å². The highest BCUT2D eigenvalue weighted by Crippen LogP contribution is 2.26. The molecule has 1 unspecified atom stereocenters. The van der Waals surface area contributed by atoms with Crippen LogP contribution in [0.5, 0.6) is 0 Å². The molecule has 0 heterocycles. The third-order valence-corrected chi connectivity index (χ3v) is 3.07. The molecule has 0 saturated heterocycles. The van der Waals surface area contributed by atoms with E-state index in [1.165, 1.54) is 12.1 Å². The summed E-state index contributed by atoms with van der Waals surface area (Å²) in [7, 11) is 0. The minimum atomic E-state index is -2.81. The van der Waals surface area contributed by atoms with Gasteiger partial charge in [0.2, 0.25) is 0 Å². The number of benzene rings is 1. The maximum Gasteiger partial charge on any atom is 0.285 e. The Balaban J connectivity index is 2.59. The lowest BCUT2D eigenvalue weighted by Crippen LogP contribution is -2.37. The van der Waals surface area contributed by atoms with E-state index >= 15 is 0 Å². The van der Waals surface area contributed by atoms with E-state index in [1.807, 2.05) is 6.92 Å². The van der Waals surface area contributed by atoms with Crippen LogP contribution in [0.3, 0.4) is 0 Å². The molecule has 1 N–H and O–H groups in total. The molecule has 15 heavy (non-hydrogen) atoms. The Labute approximate surface area is 97.0 Å². The molecule has 84 valence electrons. The second-order valence-corrected chi connectivity index (χ2v) is 4.15. The van der Waals surface area contributed by atoms with Crippen molar-refractivity contribution >= 4 is 15.9 Å². The van der Waals surface area contributed by atoms with Crippen molar-refractivity contribution in [2.24, 2.45) is 0 Å². The van der Waals surface area contributed by atoms with Crippen LogP contribution in [-0.2, 0) is 5.92 Å². The maximum absolute atomic E-state index is 13.6. The first-order valence-corrected chi connectivity index (χ1v) is 5.91. The van der Waals surface area contributed by atoms with E-state index in [9.17, 15) is 8.78 Å². The summed E-state index contributed by atoms with van der Waals surface area (Å²) in [6, 6.07) is 7.91. The average Bonchev–Trinajstić information content (AvgIpc) is 2.27. The number of hydrogen-bond donors (Lipinski definition) is 1. The van der Waals surface area contributed by atoms with Crippen LogP contribution in [0.4, 0.5) is 8.78 Å². The van der Waals surface area contributed by atoms with Crippen LogP contribution < -0.4 is 5.32 Å². The number of halogens is 3. The van der Waals surface area contributed by atoms with Gasteiger partial charge in [0, 0.05) is 16.9 Å². The van der Waals surface area contributed by atoms with Gasteiger partial charge < -0.3 is 5.32 Å². The van der Waals surface area contributed by atoms with E-state index in [4.69, 9.17) is 0 Å². The van der Waals surface area contributed by atoms with Crippen LogP contribution in [0.15, 0.2) is 30.3 Å². The molecule has 0 saturated carbocycles. The minimum Gasteiger partial charge on any atom is -0.308 e. The molecule has 0 aliphatic carbocycles. The van der Waals surface area contributed by atoms with Crippen LogP contribution in [0.2, 0.25) is 0 Å². The molecular weight excluding hydrogens is 264 g/mol. The molecule has 0 aromatic heterocycles. The maximum atomic E-state index is 13.6. The Morgan fingerprint density at radius 1 is 1.33 bits per heavy atom. The Kier molecular flexibility index (Phi) is 4.67. The predicted molar refractivity (Wildman–Crippen MR) is 61.6 cm³/mol. The number of nitrogens with one attached hydrogen (secondary N) is 1. The molecular formula is C11H14BrF2N. The quantitative estimate of drug-likeness (QED) is 0.816. The van der Waals surface area contributed by atoms with Crippen molar-refractivity contribution in [3.8, 4) is 0 Å². The molecule has 0 spiro atoms. The summed E-state index contributed by atoms with van der Waals surface area (Å²) in [5, 5.41) is 3.44. The SMILES string of the molecule is CC(CBr)NCC(F)(F)c1ccccc1. The van der Waals surface area contributed by atoms with E-state index in [0.717, 1.165) is 0 Å². The van der Waals surface area contributed by atoms with Gasteiger partial charge in [-0.1, -0.05) is 46.3 Å². The van der Waals surface area contributed by atoms with E-state index in [0.29, 0.717) is 5.33 Å². The molecule has 1 atom stereocenters. The smallest absolute Gasteiger partial charge is 0.285 e. The van der Waals surface area contributed by atoms with Crippen LogP contribution in [0.25, 0.3) is 0 Å². The van der Waals surface area contributed by atoms with E-state index in [2.05, 4.69) is 21.2 Å². The van der Waals surface area contributed by atoms with Gasteiger partial charge in [-0.3, -0.25) is 0 Å². The fourth-order valence-corrected chi connectivity index (χ4v) is 1.37. The fraction of sp³-hybridized carbons (Fsp3) is 0.455. The number of hydrogen-bond acceptors (Lipinski definition) is 1. The Morgan fingerprint density at radius 2 is 1.93 bits per heavy atom. The summed E-state index contributed by atoms with van der Waals surface area (Å²) in [6.45, 7) is 1.53. The molecule has 1 aromatic rings. The van der Waals surface area contributed by atoms with E-state index in [-0.39, 0.29) is 18.2 Å². The molecule has 0 fully saturated rings. The van der Waals surface area contributed by atoms with E-state index < -0.39 is 5.92 Å². The van der Waals surface area contributed by atoms with E-state index in [1.54, 1.807) is 18.2 Å². The normalized spacial score (nSPS) is 13.9. The molecule has 0 bridgehead atoms. The highest BCUT2D eigenvalue weighted by atomic mass is 79.9. The molecule has 4 heteroatoms. The lowest BCUT2D eigenvalue weighted by molar-refractivity contribution is -0.00469. The Morgan fingerprint density at radius 3 is 2.47 bits per heavy atom. The number of rotatable bonds is 5. The third-order valence-electron chi connectivity index (χ3n) is 2.10. The van der Waals surface area contributed by atoms with Crippen molar-refractivity contribution in [3.05, 3.63) is 35.9 Å². The van der Waals surface area contributed by atoms with Gasteiger partial charge in [0.25, 0.3) is 5.92 Å². The molecule has 1 aromatic carbocycles. The van der Waals surface area contributed by atoms with Gasteiger partial charge in [-0.25, -0.2) is 0 Å². The highest BCUT2D eigenvalue weighted by Gasteiger charge is 2.30. The monoisotopic (exact) mass is 277 g/mol. The second-order valence-electron chi connectivity index (χ2n) is 3.51. The van der Waals surface area contributed by atoms with Crippen molar-refractivity contribution in [2.45, 2.75) is 18.9 Å². The lowest BCUT2D eigenvalue weighted by atomic mass is 10.1. The highest BCUT2D eigenvalue weighted by molar-refractivity contribution is 9.09. The van der Waals surface area contributed by atoms with Gasteiger partial charge in [-0.15, -0.1) is 0 Å². The largest absolute Gasteiger partial charge is 0.308 e. The van der Waals surface area contributed by atoms with Gasteiger partial charge in [-0.2, -0.15) is 8.78 Å². The predicted octanol–water partition coefficient (Wildman–Crippen LogP) is 3.15. The fourth-order valence-electron chi connectivity index (χ4n) is 1.14. The van der Waals surface area contributed by atoms with Gasteiger partial charge in [-0.05, 0) is 6.92 Å². The molecule has 0 radical (unpaired) electrons. The Hall–Kier alpha value is -0.480. The van der Waals surface area contributed by atoms with Gasteiger partial charge >= 0.3 is 0 Å². The third kappa shape index (κ3) is 3.87. The summed E-state index contributed by atoms with van der Waals surface area (Å²) in [6.07, 6.45) is 0. The first-order valence-electron chi connectivity index (χ1n) is 4.79. The molecule has 1 rings (SSSR count). The van der Waals surface area contributed by atoms with Crippen LogP contribution in [0, 0.1) is 0 Å². The summed E-state index contributed by atoms with van der Waals surface area (Å²) < 4.78 is 27.1. The summed E-state index contributed by atoms with van der Waals surface area (Å²) >= 11 is 3.23. The molecule has 0 amide bonds. The summed E-state index contributed by atoms with van der Waals surface area (Å²) in [4.78, 5) is 0. The zero-order valence-corrected chi connectivity index (χ0v) is 10.1. The van der Waals surface area contributed by atoms with Crippen molar-refractivity contribution < 1.29 is 8.78 Å². The van der Waals surface area contributed by atoms with Crippen LogP contribution in [-0.4, -0.2) is 17.9 Å². The molecule has 0 aliphatic heterocycles. The van der Waals surface area contributed by atoms with Crippen LogP contribution in [0.1, 0.15) is 12.5 Å². The first kappa shape index (κ1) is 12.6.